The molecule has 1 saturated heterocycles. The minimum Gasteiger partial charge on any atom is -0.304 e. The number of hydrogen-bond acceptors (Lipinski definition) is 3. The first-order valence-corrected chi connectivity index (χ1v) is 10.0. The van der Waals surface area contributed by atoms with Crippen LogP contribution in [0.2, 0.25) is 0 Å². The quantitative estimate of drug-likeness (QED) is 0.881. The molecule has 4 saturated carbocycles. The summed E-state index contributed by atoms with van der Waals surface area (Å²) in [6.07, 6.45) is 7.98. The van der Waals surface area contributed by atoms with Crippen molar-refractivity contribution in [3.05, 3.63) is 35.9 Å². The number of nitrogens with one attached hydrogen (secondary N) is 1. The molecule has 3 nitrogen and oxygen atoms in total. The second-order valence-electron chi connectivity index (χ2n) is 8.51. The lowest BCUT2D eigenvalue weighted by molar-refractivity contribution is -0.121. The van der Waals surface area contributed by atoms with Gasteiger partial charge in [-0.1, -0.05) is 42.1 Å². The van der Waals surface area contributed by atoms with Gasteiger partial charge in [0.05, 0.1) is 5.54 Å². The Balaban J connectivity index is 1.45. The minimum absolute atomic E-state index is 0.0715. The maximum atomic E-state index is 12.7. The summed E-state index contributed by atoms with van der Waals surface area (Å²) in [7, 11) is 0. The molecule has 1 amide bonds. The molecule has 5 fully saturated rings. The van der Waals surface area contributed by atoms with Crippen LogP contribution in [0.3, 0.4) is 0 Å². The summed E-state index contributed by atoms with van der Waals surface area (Å²) in [4.78, 5) is 17.9. The Morgan fingerprint density at radius 1 is 1.04 bits per heavy atom. The van der Waals surface area contributed by atoms with Crippen LogP contribution in [-0.4, -0.2) is 16.6 Å². The third-order valence-corrected chi connectivity index (χ3v) is 7.84. The zero-order valence-electron chi connectivity index (χ0n) is 14.1. The van der Waals surface area contributed by atoms with E-state index in [-0.39, 0.29) is 11.4 Å². The highest BCUT2D eigenvalue weighted by molar-refractivity contribution is 8.15. The van der Waals surface area contributed by atoms with Gasteiger partial charge in [-0.25, -0.2) is 0 Å². The van der Waals surface area contributed by atoms with Crippen LogP contribution in [0.4, 0.5) is 0 Å². The van der Waals surface area contributed by atoms with Gasteiger partial charge >= 0.3 is 0 Å². The Labute approximate surface area is 147 Å². The van der Waals surface area contributed by atoms with Crippen LogP contribution in [0.15, 0.2) is 35.3 Å². The lowest BCUT2D eigenvalue weighted by Gasteiger charge is -2.55. The number of hydrogen-bond donors (Lipinski definition) is 1. The third-order valence-electron chi connectivity index (χ3n) is 6.62. The predicted molar refractivity (Wildman–Crippen MR) is 97.9 cm³/mol. The largest absolute Gasteiger partial charge is 0.304 e. The SMILES string of the molecule is CC1(c2ccccc2)SC(=NC23CC4CC(CC(C4)C2)C3)NC1=O. The molecule has 1 heterocycles. The van der Waals surface area contributed by atoms with Crippen LogP contribution in [-0.2, 0) is 9.54 Å². The molecule has 1 atom stereocenters. The fraction of sp³-hybridized carbons (Fsp3) is 0.600. The van der Waals surface area contributed by atoms with Gasteiger partial charge in [0.1, 0.15) is 4.75 Å². The average molecular weight is 340 g/mol. The molecule has 1 aromatic carbocycles. The van der Waals surface area contributed by atoms with Gasteiger partial charge in [-0.2, -0.15) is 0 Å². The zero-order valence-corrected chi connectivity index (χ0v) is 14.9. The minimum atomic E-state index is -0.553. The Kier molecular flexibility index (Phi) is 3.19. The molecule has 1 aromatic rings. The number of amidine groups is 1. The summed E-state index contributed by atoms with van der Waals surface area (Å²) in [5.74, 6) is 2.71. The summed E-state index contributed by atoms with van der Waals surface area (Å²) in [6, 6.07) is 10.1. The number of rotatable bonds is 2. The van der Waals surface area contributed by atoms with Crippen molar-refractivity contribution in [3.8, 4) is 0 Å². The summed E-state index contributed by atoms with van der Waals surface area (Å²) >= 11 is 1.61. The van der Waals surface area contributed by atoms with Crippen molar-refractivity contribution in [2.24, 2.45) is 22.7 Å². The molecule has 6 rings (SSSR count). The Hall–Kier alpha value is -1.29. The molecule has 4 aliphatic carbocycles. The first-order valence-electron chi connectivity index (χ1n) is 9.21. The van der Waals surface area contributed by atoms with E-state index in [1.165, 1.54) is 38.5 Å². The van der Waals surface area contributed by atoms with Gasteiger partial charge in [-0.3, -0.25) is 9.79 Å². The summed E-state index contributed by atoms with van der Waals surface area (Å²) in [5.41, 5.74) is 1.18. The van der Waals surface area contributed by atoms with E-state index in [0.717, 1.165) is 28.5 Å². The Morgan fingerprint density at radius 3 is 2.21 bits per heavy atom. The van der Waals surface area contributed by atoms with Gasteiger partial charge in [0.2, 0.25) is 5.91 Å². The number of nitrogens with zero attached hydrogens (tertiary/aromatic N) is 1. The first-order chi connectivity index (χ1) is 11.5. The number of thioether (sulfide) groups is 1. The van der Waals surface area contributed by atoms with Crippen molar-refractivity contribution >= 4 is 22.8 Å². The van der Waals surface area contributed by atoms with Gasteiger partial charge in [-0.15, -0.1) is 0 Å². The van der Waals surface area contributed by atoms with E-state index in [2.05, 4.69) is 5.32 Å². The summed E-state index contributed by atoms with van der Waals surface area (Å²) in [6.45, 7) is 2.02. The van der Waals surface area contributed by atoms with E-state index in [9.17, 15) is 4.79 Å². The number of amides is 1. The summed E-state index contributed by atoms with van der Waals surface area (Å²) < 4.78 is -0.553. The highest BCUT2D eigenvalue weighted by Gasteiger charge is 2.52. The molecule has 0 aromatic heterocycles. The van der Waals surface area contributed by atoms with Crippen molar-refractivity contribution in [2.75, 3.05) is 0 Å². The van der Waals surface area contributed by atoms with Crippen LogP contribution in [0, 0.1) is 17.8 Å². The van der Waals surface area contributed by atoms with Crippen molar-refractivity contribution in [1.29, 1.82) is 0 Å². The molecule has 1 unspecified atom stereocenters. The van der Waals surface area contributed by atoms with Crippen LogP contribution < -0.4 is 5.32 Å². The lowest BCUT2D eigenvalue weighted by Crippen LogP contribution is -2.50. The van der Waals surface area contributed by atoms with Crippen molar-refractivity contribution in [1.82, 2.24) is 5.32 Å². The molecule has 1 N–H and O–H groups in total. The molecular formula is C20H24N2OS. The predicted octanol–water partition coefficient (Wildman–Crippen LogP) is 4.09. The molecule has 24 heavy (non-hydrogen) atoms. The van der Waals surface area contributed by atoms with Gasteiger partial charge in [0.25, 0.3) is 0 Å². The average Bonchev–Trinajstić information content (AvgIpc) is 2.81. The van der Waals surface area contributed by atoms with Crippen molar-refractivity contribution < 1.29 is 4.79 Å². The summed E-state index contributed by atoms with van der Waals surface area (Å²) in [5, 5.41) is 3.95. The zero-order chi connectivity index (χ0) is 16.4. The second-order valence-corrected chi connectivity index (χ2v) is 9.92. The third kappa shape index (κ3) is 2.26. The van der Waals surface area contributed by atoms with Crippen LogP contribution in [0.25, 0.3) is 0 Å². The van der Waals surface area contributed by atoms with Crippen LogP contribution >= 0.6 is 11.8 Å². The number of carbonyl (C=O) groups excluding carboxylic acids is 1. The molecule has 4 bridgehead atoms. The van der Waals surface area contributed by atoms with Gasteiger partial charge in [-0.05, 0) is 68.8 Å². The molecule has 4 heteroatoms. The van der Waals surface area contributed by atoms with Gasteiger partial charge < -0.3 is 5.32 Å². The normalized spacial score (nSPS) is 45.0. The fourth-order valence-electron chi connectivity index (χ4n) is 5.90. The topological polar surface area (TPSA) is 41.5 Å². The Bertz CT molecular complexity index is 678. The van der Waals surface area contributed by atoms with E-state index >= 15 is 0 Å². The molecular weight excluding hydrogens is 316 g/mol. The molecule has 126 valence electrons. The molecule has 5 aliphatic rings. The van der Waals surface area contributed by atoms with Crippen molar-refractivity contribution in [2.45, 2.75) is 55.7 Å². The maximum absolute atomic E-state index is 12.7. The second kappa shape index (κ2) is 5.10. The maximum Gasteiger partial charge on any atom is 0.246 e. The Morgan fingerprint density at radius 2 is 1.62 bits per heavy atom. The lowest BCUT2D eigenvalue weighted by atomic mass is 9.53. The monoisotopic (exact) mass is 340 g/mol. The standard InChI is InChI=1S/C20H24N2OS/c1-19(16-5-3-2-4-6-16)17(23)21-18(24-19)22-20-10-13-7-14(11-20)9-15(8-13)12-20/h2-6,13-15H,7-12H2,1H3,(H,21,22,23). The molecule has 0 spiro atoms. The fourth-order valence-corrected chi connectivity index (χ4v) is 7.06. The van der Waals surface area contributed by atoms with E-state index < -0.39 is 4.75 Å². The van der Waals surface area contributed by atoms with E-state index in [1.807, 2.05) is 37.3 Å². The van der Waals surface area contributed by atoms with E-state index in [1.54, 1.807) is 11.8 Å². The van der Waals surface area contributed by atoms with Gasteiger partial charge in [0.15, 0.2) is 5.17 Å². The number of carbonyl (C=O) groups is 1. The number of benzene rings is 1. The van der Waals surface area contributed by atoms with E-state index in [4.69, 9.17) is 4.99 Å². The van der Waals surface area contributed by atoms with Crippen LogP contribution in [0.1, 0.15) is 51.0 Å². The van der Waals surface area contributed by atoms with Crippen molar-refractivity contribution in [3.63, 3.8) is 0 Å². The number of aliphatic imine (C=N–C) groups is 1. The van der Waals surface area contributed by atoms with E-state index in [0.29, 0.717) is 0 Å². The first kappa shape index (κ1) is 15.0. The van der Waals surface area contributed by atoms with Gasteiger partial charge in [0, 0.05) is 0 Å². The molecule has 1 aliphatic heterocycles. The highest BCUT2D eigenvalue weighted by atomic mass is 32.2. The molecule has 0 radical (unpaired) electrons. The van der Waals surface area contributed by atoms with Crippen LogP contribution in [0.5, 0.6) is 0 Å². The highest BCUT2D eigenvalue weighted by Crippen LogP contribution is 2.57. The smallest absolute Gasteiger partial charge is 0.246 e.